The molecule has 0 saturated carbocycles. The number of nitrogen functional groups attached to an aromatic ring is 2. The third-order valence-electron chi connectivity index (χ3n) is 1.66. The molecule has 0 bridgehead atoms. The van der Waals surface area contributed by atoms with Crippen LogP contribution < -0.4 is 11.5 Å². The highest BCUT2D eigenvalue weighted by Gasteiger charge is 2.16. The number of alkyl halides is 2. The number of hydrogen-bond donors (Lipinski definition) is 2. The second kappa shape index (κ2) is 2.92. The second-order valence-corrected chi connectivity index (χ2v) is 2.44. The van der Waals surface area contributed by atoms with Gasteiger partial charge < -0.3 is 11.5 Å². The first-order chi connectivity index (χ1) is 5.54. The van der Waals surface area contributed by atoms with Gasteiger partial charge in [0.2, 0.25) is 0 Å². The van der Waals surface area contributed by atoms with Crippen molar-refractivity contribution in [2.24, 2.45) is 0 Å². The Labute approximate surface area is 68.4 Å². The highest BCUT2D eigenvalue weighted by atomic mass is 19.3. The van der Waals surface area contributed by atoms with E-state index < -0.39 is 6.43 Å². The van der Waals surface area contributed by atoms with Gasteiger partial charge in [-0.05, 0) is 6.92 Å². The molecule has 0 amide bonds. The summed E-state index contributed by atoms with van der Waals surface area (Å²) in [6, 6.07) is 0. The van der Waals surface area contributed by atoms with E-state index >= 15 is 0 Å². The third-order valence-corrected chi connectivity index (χ3v) is 1.66. The van der Waals surface area contributed by atoms with E-state index in [1.807, 2.05) is 0 Å². The Morgan fingerprint density at radius 1 is 1.42 bits per heavy atom. The van der Waals surface area contributed by atoms with Gasteiger partial charge >= 0.3 is 0 Å². The average molecular weight is 173 g/mol. The molecule has 1 heterocycles. The van der Waals surface area contributed by atoms with E-state index in [9.17, 15) is 8.78 Å². The lowest BCUT2D eigenvalue weighted by Gasteiger charge is -2.08. The van der Waals surface area contributed by atoms with Gasteiger partial charge in [0, 0.05) is 11.1 Å². The van der Waals surface area contributed by atoms with Crippen molar-refractivity contribution in [1.29, 1.82) is 0 Å². The fraction of sp³-hybridized carbons (Fsp3) is 0.286. The van der Waals surface area contributed by atoms with Crippen LogP contribution in [-0.4, -0.2) is 4.98 Å². The SMILES string of the molecule is Cc1c(N)ncc(N)c1C(F)F. The molecule has 0 unspecified atom stereocenters. The van der Waals surface area contributed by atoms with E-state index in [4.69, 9.17) is 11.5 Å². The van der Waals surface area contributed by atoms with Crippen molar-refractivity contribution in [3.63, 3.8) is 0 Å². The van der Waals surface area contributed by atoms with Gasteiger partial charge in [-0.25, -0.2) is 13.8 Å². The molecule has 0 aliphatic heterocycles. The lowest BCUT2D eigenvalue weighted by Crippen LogP contribution is -2.03. The summed E-state index contributed by atoms with van der Waals surface area (Å²) < 4.78 is 24.6. The van der Waals surface area contributed by atoms with E-state index in [2.05, 4.69) is 4.98 Å². The molecule has 0 spiro atoms. The summed E-state index contributed by atoms with van der Waals surface area (Å²) in [6.45, 7) is 1.47. The zero-order valence-electron chi connectivity index (χ0n) is 6.51. The number of nitrogens with two attached hydrogens (primary N) is 2. The van der Waals surface area contributed by atoms with E-state index in [1.165, 1.54) is 6.92 Å². The van der Waals surface area contributed by atoms with Gasteiger partial charge in [0.15, 0.2) is 0 Å². The van der Waals surface area contributed by atoms with Crippen LogP contribution in [0.3, 0.4) is 0 Å². The summed E-state index contributed by atoms with van der Waals surface area (Å²) in [4.78, 5) is 3.64. The predicted octanol–water partition coefficient (Wildman–Crippen LogP) is 1.49. The Hall–Kier alpha value is -1.39. The van der Waals surface area contributed by atoms with Gasteiger partial charge in [0.05, 0.1) is 11.9 Å². The van der Waals surface area contributed by atoms with Crippen LogP contribution in [0.4, 0.5) is 20.3 Å². The lowest BCUT2D eigenvalue weighted by molar-refractivity contribution is 0.151. The van der Waals surface area contributed by atoms with Gasteiger partial charge in [-0.1, -0.05) is 0 Å². The van der Waals surface area contributed by atoms with Crippen molar-refractivity contribution in [2.45, 2.75) is 13.3 Å². The molecule has 5 heteroatoms. The quantitative estimate of drug-likeness (QED) is 0.676. The largest absolute Gasteiger partial charge is 0.397 e. The molecule has 1 aromatic rings. The average Bonchev–Trinajstić information content (AvgIpc) is 1.97. The molecule has 0 radical (unpaired) electrons. The monoisotopic (exact) mass is 173 g/mol. The first-order valence-corrected chi connectivity index (χ1v) is 3.32. The molecule has 0 fully saturated rings. The molecule has 0 aromatic carbocycles. The lowest BCUT2D eigenvalue weighted by atomic mass is 10.1. The molecular formula is C7H9F2N3. The Balaban J connectivity index is 3.33. The molecular weight excluding hydrogens is 164 g/mol. The fourth-order valence-corrected chi connectivity index (χ4v) is 0.950. The van der Waals surface area contributed by atoms with Crippen molar-refractivity contribution >= 4 is 11.5 Å². The van der Waals surface area contributed by atoms with Crippen LogP contribution >= 0.6 is 0 Å². The zero-order valence-corrected chi connectivity index (χ0v) is 6.51. The van der Waals surface area contributed by atoms with E-state index in [0.29, 0.717) is 0 Å². The number of anilines is 2. The first-order valence-electron chi connectivity index (χ1n) is 3.32. The summed E-state index contributed by atoms with van der Waals surface area (Å²) in [7, 11) is 0. The molecule has 3 nitrogen and oxygen atoms in total. The first kappa shape index (κ1) is 8.70. The number of halogens is 2. The number of hydrogen-bond acceptors (Lipinski definition) is 3. The molecule has 0 atom stereocenters. The molecule has 4 N–H and O–H groups in total. The summed E-state index contributed by atoms with van der Waals surface area (Å²) in [5.74, 6) is 0.0968. The maximum absolute atomic E-state index is 12.3. The molecule has 0 aliphatic rings. The summed E-state index contributed by atoms with van der Waals surface area (Å²) >= 11 is 0. The van der Waals surface area contributed by atoms with E-state index in [-0.39, 0.29) is 22.6 Å². The van der Waals surface area contributed by atoms with Gasteiger partial charge in [0.25, 0.3) is 6.43 Å². The topological polar surface area (TPSA) is 64.9 Å². The number of rotatable bonds is 1. The Morgan fingerprint density at radius 3 is 2.42 bits per heavy atom. The second-order valence-electron chi connectivity index (χ2n) is 2.44. The van der Waals surface area contributed by atoms with Gasteiger partial charge in [-0.3, -0.25) is 0 Å². The molecule has 12 heavy (non-hydrogen) atoms. The van der Waals surface area contributed by atoms with Crippen molar-refractivity contribution in [3.8, 4) is 0 Å². The standard InChI is InChI=1S/C7H9F2N3/c1-3-5(6(8)9)4(10)2-12-7(3)11/h2,6H,10H2,1H3,(H2,11,12). The van der Waals surface area contributed by atoms with E-state index in [1.54, 1.807) is 0 Å². The predicted molar refractivity (Wildman–Crippen MR) is 42.8 cm³/mol. The van der Waals surface area contributed by atoms with Crippen molar-refractivity contribution in [1.82, 2.24) is 4.98 Å². The number of aromatic nitrogens is 1. The smallest absolute Gasteiger partial charge is 0.266 e. The van der Waals surface area contributed by atoms with Crippen LogP contribution in [0.25, 0.3) is 0 Å². The van der Waals surface area contributed by atoms with Gasteiger partial charge in [0.1, 0.15) is 5.82 Å². The zero-order chi connectivity index (χ0) is 9.30. The molecule has 1 aromatic heterocycles. The van der Waals surface area contributed by atoms with Crippen LogP contribution in [0.1, 0.15) is 17.6 Å². The molecule has 1 rings (SSSR count). The highest BCUT2D eigenvalue weighted by Crippen LogP contribution is 2.29. The summed E-state index contributed by atoms with van der Waals surface area (Å²) in [5.41, 5.74) is 10.6. The third kappa shape index (κ3) is 1.30. The molecule has 66 valence electrons. The Kier molecular flexibility index (Phi) is 2.12. The minimum atomic E-state index is -2.60. The fourth-order valence-electron chi connectivity index (χ4n) is 0.950. The molecule has 0 saturated heterocycles. The van der Waals surface area contributed by atoms with Crippen molar-refractivity contribution in [3.05, 3.63) is 17.3 Å². The van der Waals surface area contributed by atoms with E-state index in [0.717, 1.165) is 6.20 Å². The van der Waals surface area contributed by atoms with Crippen molar-refractivity contribution in [2.75, 3.05) is 11.5 Å². The highest BCUT2D eigenvalue weighted by molar-refractivity contribution is 5.56. The Bertz CT molecular complexity index is 299. The summed E-state index contributed by atoms with van der Waals surface area (Å²) in [5, 5.41) is 0. The van der Waals surface area contributed by atoms with Crippen LogP contribution in [0, 0.1) is 6.92 Å². The minimum Gasteiger partial charge on any atom is -0.397 e. The molecule has 0 aliphatic carbocycles. The number of nitrogens with zero attached hydrogens (tertiary/aromatic N) is 1. The van der Waals surface area contributed by atoms with Crippen LogP contribution in [0.5, 0.6) is 0 Å². The normalized spacial score (nSPS) is 10.7. The van der Waals surface area contributed by atoms with Gasteiger partial charge in [-0.2, -0.15) is 0 Å². The summed E-state index contributed by atoms with van der Waals surface area (Å²) in [6.07, 6.45) is -1.46. The minimum absolute atomic E-state index is 0.0169. The van der Waals surface area contributed by atoms with Crippen LogP contribution in [0.2, 0.25) is 0 Å². The van der Waals surface area contributed by atoms with Crippen LogP contribution in [0.15, 0.2) is 6.20 Å². The van der Waals surface area contributed by atoms with Crippen LogP contribution in [-0.2, 0) is 0 Å². The van der Waals surface area contributed by atoms with Gasteiger partial charge in [-0.15, -0.1) is 0 Å². The number of pyridine rings is 1. The van der Waals surface area contributed by atoms with Crippen molar-refractivity contribution < 1.29 is 8.78 Å². The maximum Gasteiger partial charge on any atom is 0.266 e. The maximum atomic E-state index is 12.3. The Morgan fingerprint density at radius 2 is 2.00 bits per heavy atom.